The molecule has 0 amide bonds. The monoisotopic (exact) mass is 271 g/mol. The lowest BCUT2D eigenvalue weighted by Gasteiger charge is -2.28. The van der Waals surface area contributed by atoms with Gasteiger partial charge in [-0.1, -0.05) is 29.5 Å². The molecule has 0 saturated carbocycles. The van der Waals surface area contributed by atoms with Gasteiger partial charge in [0.25, 0.3) is 0 Å². The van der Waals surface area contributed by atoms with Gasteiger partial charge in [0.2, 0.25) is 0 Å². The Morgan fingerprint density at radius 3 is 2.90 bits per heavy atom. The largest absolute Gasteiger partial charge is 0.314 e. The number of fused-ring (bicyclic) bond motifs is 1. The van der Waals surface area contributed by atoms with Crippen molar-refractivity contribution in [2.45, 2.75) is 26.1 Å². The lowest BCUT2D eigenvalue weighted by atomic mass is 10.00. The van der Waals surface area contributed by atoms with E-state index in [4.69, 9.17) is 0 Å². The van der Waals surface area contributed by atoms with Crippen LogP contribution < -0.4 is 5.32 Å². The van der Waals surface area contributed by atoms with Gasteiger partial charge in [0.05, 0.1) is 12.2 Å². The summed E-state index contributed by atoms with van der Waals surface area (Å²) in [7, 11) is 1.92. The van der Waals surface area contributed by atoms with E-state index >= 15 is 0 Å². The van der Waals surface area contributed by atoms with Gasteiger partial charge in [-0.2, -0.15) is 0 Å². The Morgan fingerprint density at radius 1 is 1.20 bits per heavy atom. The maximum Gasteiger partial charge on any atom is 0.0964 e. The normalized spacial score (nSPS) is 15.2. The van der Waals surface area contributed by atoms with E-state index < -0.39 is 0 Å². The van der Waals surface area contributed by atoms with E-state index in [2.05, 4.69) is 44.8 Å². The van der Waals surface area contributed by atoms with Crippen LogP contribution in [0.3, 0.4) is 0 Å². The van der Waals surface area contributed by atoms with E-state index in [0.717, 1.165) is 44.8 Å². The summed E-state index contributed by atoms with van der Waals surface area (Å²) in [5.74, 6) is 0. The van der Waals surface area contributed by atoms with E-state index in [1.54, 1.807) is 0 Å². The molecule has 0 atom stereocenters. The Hall–Kier alpha value is -1.72. The minimum atomic E-state index is 0.775. The first kappa shape index (κ1) is 13.3. The zero-order valence-electron chi connectivity index (χ0n) is 11.9. The van der Waals surface area contributed by atoms with Crippen molar-refractivity contribution in [3.05, 3.63) is 47.3 Å². The third kappa shape index (κ3) is 3.05. The van der Waals surface area contributed by atoms with Gasteiger partial charge in [-0.05, 0) is 24.6 Å². The number of hydrogen-bond acceptors (Lipinski definition) is 4. The van der Waals surface area contributed by atoms with Gasteiger partial charge < -0.3 is 5.32 Å². The molecule has 0 aliphatic carbocycles. The highest BCUT2D eigenvalue weighted by Crippen LogP contribution is 2.18. The Bertz CT molecular complexity index is 563. The highest BCUT2D eigenvalue weighted by molar-refractivity contribution is 5.28. The Morgan fingerprint density at radius 2 is 2.05 bits per heavy atom. The van der Waals surface area contributed by atoms with E-state index in [1.807, 2.05) is 17.9 Å². The van der Waals surface area contributed by atoms with Crippen molar-refractivity contribution in [1.29, 1.82) is 0 Å². The molecule has 5 nitrogen and oxygen atoms in total. The van der Waals surface area contributed by atoms with Crippen LogP contribution in [0.25, 0.3) is 0 Å². The van der Waals surface area contributed by atoms with Gasteiger partial charge >= 0.3 is 0 Å². The molecule has 0 fully saturated rings. The van der Waals surface area contributed by atoms with Crippen LogP contribution in [0.5, 0.6) is 0 Å². The van der Waals surface area contributed by atoms with Crippen molar-refractivity contribution in [1.82, 2.24) is 25.2 Å². The fourth-order valence-electron chi connectivity index (χ4n) is 2.70. The van der Waals surface area contributed by atoms with Crippen molar-refractivity contribution >= 4 is 0 Å². The van der Waals surface area contributed by atoms with Gasteiger partial charge in [0.1, 0.15) is 0 Å². The highest BCUT2D eigenvalue weighted by Gasteiger charge is 2.15. The topological polar surface area (TPSA) is 46.0 Å². The SMILES string of the molecule is CNCc1cn(CCN2CCc3ccccc3C2)nn1. The predicted molar refractivity (Wildman–Crippen MR) is 78.2 cm³/mol. The minimum absolute atomic E-state index is 0.775. The smallest absolute Gasteiger partial charge is 0.0964 e. The second-order valence-electron chi connectivity index (χ2n) is 5.30. The molecule has 0 bridgehead atoms. The summed E-state index contributed by atoms with van der Waals surface area (Å²) in [5.41, 5.74) is 3.96. The summed E-state index contributed by atoms with van der Waals surface area (Å²) in [4.78, 5) is 2.49. The number of hydrogen-bond donors (Lipinski definition) is 1. The van der Waals surface area contributed by atoms with Crippen LogP contribution in [-0.2, 0) is 26.1 Å². The average Bonchev–Trinajstić information content (AvgIpc) is 2.93. The summed E-state index contributed by atoms with van der Waals surface area (Å²) >= 11 is 0. The first-order valence-corrected chi connectivity index (χ1v) is 7.18. The summed E-state index contributed by atoms with van der Waals surface area (Å²) in [6, 6.07) is 8.74. The maximum atomic E-state index is 4.16. The lowest BCUT2D eigenvalue weighted by molar-refractivity contribution is 0.239. The number of nitrogens with zero attached hydrogens (tertiary/aromatic N) is 4. The number of nitrogens with one attached hydrogen (secondary N) is 1. The van der Waals surface area contributed by atoms with Crippen LogP contribution in [0, 0.1) is 0 Å². The Labute approximate surface area is 119 Å². The molecular formula is C15H21N5. The van der Waals surface area contributed by atoms with E-state index in [0.29, 0.717) is 0 Å². The van der Waals surface area contributed by atoms with Crippen molar-refractivity contribution < 1.29 is 0 Å². The molecule has 20 heavy (non-hydrogen) atoms. The first-order chi connectivity index (χ1) is 9.85. The zero-order chi connectivity index (χ0) is 13.8. The number of rotatable bonds is 5. The maximum absolute atomic E-state index is 4.16. The van der Waals surface area contributed by atoms with Crippen LogP contribution in [0.1, 0.15) is 16.8 Å². The summed E-state index contributed by atoms with van der Waals surface area (Å²) in [6.07, 6.45) is 3.17. The van der Waals surface area contributed by atoms with E-state index in [9.17, 15) is 0 Å². The molecule has 2 heterocycles. The highest BCUT2D eigenvalue weighted by atomic mass is 15.4. The molecule has 1 N–H and O–H groups in total. The molecule has 3 rings (SSSR count). The molecule has 106 valence electrons. The molecule has 2 aromatic rings. The van der Waals surface area contributed by atoms with Crippen molar-refractivity contribution in [3.8, 4) is 0 Å². The van der Waals surface area contributed by atoms with Gasteiger partial charge in [-0.3, -0.25) is 9.58 Å². The molecule has 0 saturated heterocycles. The molecule has 0 unspecified atom stereocenters. The number of aromatic nitrogens is 3. The van der Waals surface area contributed by atoms with Crippen molar-refractivity contribution in [3.63, 3.8) is 0 Å². The molecule has 5 heteroatoms. The molecular weight excluding hydrogens is 250 g/mol. The standard InChI is InChI=1S/C15H21N5/c1-16-10-15-12-20(18-17-15)9-8-19-7-6-13-4-2-3-5-14(13)11-19/h2-5,12,16H,6-11H2,1H3. The fraction of sp³-hybridized carbons (Fsp3) is 0.467. The summed E-state index contributed by atoms with van der Waals surface area (Å²) < 4.78 is 1.94. The Kier molecular flexibility index (Phi) is 4.08. The van der Waals surface area contributed by atoms with Gasteiger partial charge in [-0.25, -0.2) is 0 Å². The van der Waals surface area contributed by atoms with Crippen LogP contribution in [0.4, 0.5) is 0 Å². The quantitative estimate of drug-likeness (QED) is 0.883. The van der Waals surface area contributed by atoms with Gasteiger partial charge in [0.15, 0.2) is 0 Å². The molecule has 1 aromatic carbocycles. The van der Waals surface area contributed by atoms with E-state index in [1.165, 1.54) is 11.1 Å². The number of benzene rings is 1. The summed E-state index contributed by atoms with van der Waals surface area (Å²) in [5, 5.41) is 11.4. The third-order valence-corrected chi connectivity index (χ3v) is 3.80. The van der Waals surface area contributed by atoms with Crippen LogP contribution in [-0.4, -0.2) is 40.0 Å². The van der Waals surface area contributed by atoms with E-state index in [-0.39, 0.29) is 0 Å². The molecule has 1 aliphatic heterocycles. The summed E-state index contributed by atoms with van der Waals surface area (Å²) in [6.45, 7) is 4.88. The van der Waals surface area contributed by atoms with Gasteiger partial charge in [-0.15, -0.1) is 5.10 Å². The van der Waals surface area contributed by atoms with Crippen LogP contribution in [0.15, 0.2) is 30.5 Å². The Balaban J connectivity index is 1.54. The second kappa shape index (κ2) is 6.15. The molecule has 1 aromatic heterocycles. The van der Waals surface area contributed by atoms with Crippen molar-refractivity contribution in [2.24, 2.45) is 0 Å². The van der Waals surface area contributed by atoms with Crippen molar-refractivity contribution in [2.75, 3.05) is 20.1 Å². The first-order valence-electron chi connectivity index (χ1n) is 7.18. The lowest BCUT2D eigenvalue weighted by Crippen LogP contribution is -2.33. The zero-order valence-corrected chi connectivity index (χ0v) is 11.9. The van der Waals surface area contributed by atoms with Crippen LogP contribution >= 0.6 is 0 Å². The van der Waals surface area contributed by atoms with Crippen LogP contribution in [0.2, 0.25) is 0 Å². The minimum Gasteiger partial charge on any atom is -0.314 e. The molecule has 0 radical (unpaired) electrons. The third-order valence-electron chi connectivity index (χ3n) is 3.80. The average molecular weight is 271 g/mol. The fourth-order valence-corrected chi connectivity index (χ4v) is 2.70. The predicted octanol–water partition coefficient (Wildman–Crippen LogP) is 1.06. The molecule has 0 spiro atoms. The van der Waals surface area contributed by atoms with Gasteiger partial charge in [0, 0.05) is 32.4 Å². The molecule has 1 aliphatic rings. The second-order valence-corrected chi connectivity index (χ2v) is 5.30.